The fraction of sp³-hybridized carbons (Fsp3) is 0.500. The van der Waals surface area contributed by atoms with E-state index in [0.717, 1.165) is 42.6 Å². The van der Waals surface area contributed by atoms with Crippen LogP contribution in [0.4, 0.5) is 0 Å². The number of rotatable bonds is 3. The highest BCUT2D eigenvalue weighted by Gasteiger charge is 2.21. The molecule has 1 aliphatic rings. The Morgan fingerprint density at radius 3 is 2.61 bits per heavy atom. The van der Waals surface area contributed by atoms with Gasteiger partial charge in [-0.3, -0.25) is 4.79 Å². The molecule has 0 saturated heterocycles. The van der Waals surface area contributed by atoms with E-state index >= 15 is 0 Å². The average Bonchev–Trinajstić information content (AvgIpc) is 2.38. The molecule has 1 N–H and O–H groups in total. The second-order valence-corrected chi connectivity index (χ2v) is 4.53. The van der Waals surface area contributed by atoms with Crippen molar-refractivity contribution in [1.82, 2.24) is 0 Å². The first-order valence-electron chi connectivity index (χ1n) is 6.17. The minimum absolute atomic E-state index is 0.0881. The third-order valence-electron chi connectivity index (χ3n) is 3.31. The van der Waals surface area contributed by atoms with Crippen LogP contribution < -0.4 is 4.74 Å². The van der Waals surface area contributed by atoms with Crippen LogP contribution in [0, 0.1) is 0 Å². The number of benzene rings is 1. The molecule has 2 rings (SSSR count). The first-order chi connectivity index (χ1) is 8.63. The van der Waals surface area contributed by atoms with Gasteiger partial charge in [-0.1, -0.05) is 0 Å². The predicted octanol–water partition coefficient (Wildman–Crippen LogP) is 2.34. The van der Waals surface area contributed by atoms with Gasteiger partial charge >= 0.3 is 5.97 Å². The maximum atomic E-state index is 10.8. The largest absolute Gasteiger partial charge is 0.507 e. The summed E-state index contributed by atoms with van der Waals surface area (Å²) >= 11 is 0. The van der Waals surface area contributed by atoms with E-state index < -0.39 is 0 Å². The van der Waals surface area contributed by atoms with Crippen molar-refractivity contribution in [2.45, 2.75) is 39.2 Å². The van der Waals surface area contributed by atoms with Gasteiger partial charge in [0.05, 0.1) is 7.11 Å². The molecular weight excluding hydrogens is 232 g/mol. The Bertz CT molecular complexity index is 465. The number of esters is 1. The molecule has 1 aromatic carbocycles. The lowest BCUT2D eigenvalue weighted by molar-refractivity contribution is -0.142. The van der Waals surface area contributed by atoms with Crippen LogP contribution in [-0.4, -0.2) is 18.2 Å². The first-order valence-corrected chi connectivity index (χ1v) is 6.17. The molecule has 98 valence electrons. The van der Waals surface area contributed by atoms with Crippen LogP contribution in [0.2, 0.25) is 0 Å². The van der Waals surface area contributed by atoms with Crippen molar-refractivity contribution < 1.29 is 19.4 Å². The van der Waals surface area contributed by atoms with Crippen LogP contribution in [0.5, 0.6) is 11.5 Å². The number of hydrogen-bond donors (Lipinski definition) is 1. The van der Waals surface area contributed by atoms with E-state index in [0.29, 0.717) is 5.56 Å². The number of aromatic hydroxyl groups is 1. The van der Waals surface area contributed by atoms with Crippen molar-refractivity contribution in [2.24, 2.45) is 0 Å². The Labute approximate surface area is 107 Å². The van der Waals surface area contributed by atoms with Gasteiger partial charge in [0, 0.05) is 23.6 Å². The summed E-state index contributed by atoms with van der Waals surface area (Å²) in [5, 5.41) is 10.2. The molecule has 0 saturated carbocycles. The molecule has 18 heavy (non-hydrogen) atoms. The highest BCUT2D eigenvalue weighted by molar-refractivity contribution is 5.66. The highest BCUT2D eigenvalue weighted by Crippen LogP contribution is 2.38. The quantitative estimate of drug-likeness (QED) is 0.837. The molecule has 0 aliphatic heterocycles. The minimum Gasteiger partial charge on any atom is -0.507 e. The monoisotopic (exact) mass is 250 g/mol. The zero-order chi connectivity index (χ0) is 13.1. The van der Waals surface area contributed by atoms with Crippen LogP contribution in [0.3, 0.4) is 0 Å². The lowest BCUT2D eigenvalue weighted by Crippen LogP contribution is -2.08. The number of phenols is 1. The van der Waals surface area contributed by atoms with E-state index in [2.05, 4.69) is 0 Å². The molecule has 4 heteroatoms. The molecule has 0 radical (unpaired) electrons. The molecule has 1 aromatic rings. The lowest BCUT2D eigenvalue weighted by Gasteiger charge is -2.22. The topological polar surface area (TPSA) is 55.8 Å². The van der Waals surface area contributed by atoms with E-state index in [1.54, 1.807) is 13.2 Å². The number of methoxy groups -OCH3 is 1. The predicted molar refractivity (Wildman–Crippen MR) is 66.8 cm³/mol. The summed E-state index contributed by atoms with van der Waals surface area (Å²) in [5.41, 5.74) is 2.65. The highest BCUT2D eigenvalue weighted by atomic mass is 16.5. The standard InChI is InChI=1S/C14H18O4/c1-9(15)18-8-10-7-13(17-2)11-5-3-4-6-12(11)14(10)16/h7,16H,3-6,8H2,1-2H3. The molecule has 0 heterocycles. The molecular formula is C14H18O4. The summed E-state index contributed by atoms with van der Waals surface area (Å²) in [6.45, 7) is 1.44. The lowest BCUT2D eigenvalue weighted by atomic mass is 9.88. The third-order valence-corrected chi connectivity index (χ3v) is 3.31. The van der Waals surface area contributed by atoms with Gasteiger partial charge in [-0.05, 0) is 31.7 Å². The van der Waals surface area contributed by atoms with Crippen LogP contribution in [-0.2, 0) is 29.0 Å². The van der Waals surface area contributed by atoms with Gasteiger partial charge in [-0.2, -0.15) is 0 Å². The average molecular weight is 250 g/mol. The van der Waals surface area contributed by atoms with Crippen LogP contribution in [0.15, 0.2) is 6.07 Å². The normalized spacial score (nSPS) is 13.9. The summed E-state index contributed by atoms with van der Waals surface area (Å²) in [4.78, 5) is 10.8. The maximum absolute atomic E-state index is 10.8. The first kappa shape index (κ1) is 12.7. The van der Waals surface area contributed by atoms with Crippen molar-refractivity contribution in [2.75, 3.05) is 7.11 Å². The number of ether oxygens (including phenoxy) is 2. The zero-order valence-corrected chi connectivity index (χ0v) is 10.8. The summed E-state index contributed by atoms with van der Waals surface area (Å²) < 4.78 is 10.3. The maximum Gasteiger partial charge on any atom is 0.302 e. The van der Waals surface area contributed by atoms with Gasteiger partial charge in [0.1, 0.15) is 18.1 Å². The Kier molecular flexibility index (Phi) is 3.75. The van der Waals surface area contributed by atoms with E-state index in [1.807, 2.05) is 0 Å². The summed E-state index contributed by atoms with van der Waals surface area (Å²) in [6, 6.07) is 1.77. The van der Waals surface area contributed by atoms with Crippen LogP contribution in [0.25, 0.3) is 0 Å². The van der Waals surface area contributed by atoms with E-state index in [-0.39, 0.29) is 18.3 Å². The van der Waals surface area contributed by atoms with E-state index in [4.69, 9.17) is 9.47 Å². The second-order valence-electron chi connectivity index (χ2n) is 4.53. The molecule has 0 spiro atoms. The fourth-order valence-electron chi connectivity index (χ4n) is 2.42. The van der Waals surface area contributed by atoms with Gasteiger partial charge in [-0.15, -0.1) is 0 Å². The van der Waals surface area contributed by atoms with Gasteiger partial charge in [0.25, 0.3) is 0 Å². The Morgan fingerprint density at radius 2 is 2.00 bits per heavy atom. The van der Waals surface area contributed by atoms with E-state index in [9.17, 15) is 9.90 Å². The van der Waals surface area contributed by atoms with Gasteiger partial charge in [0.2, 0.25) is 0 Å². The summed E-state index contributed by atoms with van der Waals surface area (Å²) in [7, 11) is 1.62. The van der Waals surface area contributed by atoms with Crippen molar-refractivity contribution in [1.29, 1.82) is 0 Å². The van der Waals surface area contributed by atoms with Gasteiger partial charge in [0.15, 0.2) is 0 Å². The van der Waals surface area contributed by atoms with E-state index in [1.165, 1.54) is 6.92 Å². The second kappa shape index (κ2) is 5.29. The Hall–Kier alpha value is -1.71. The van der Waals surface area contributed by atoms with Gasteiger partial charge in [-0.25, -0.2) is 0 Å². The fourth-order valence-corrected chi connectivity index (χ4v) is 2.42. The Balaban J connectivity index is 2.38. The SMILES string of the molecule is COc1cc(COC(C)=O)c(O)c2c1CCCC2. The van der Waals surface area contributed by atoms with Crippen molar-refractivity contribution >= 4 is 5.97 Å². The molecule has 4 nitrogen and oxygen atoms in total. The smallest absolute Gasteiger partial charge is 0.302 e. The zero-order valence-electron chi connectivity index (χ0n) is 10.8. The van der Waals surface area contributed by atoms with Crippen molar-refractivity contribution in [3.8, 4) is 11.5 Å². The molecule has 1 aliphatic carbocycles. The molecule has 0 atom stereocenters. The van der Waals surface area contributed by atoms with Crippen LogP contribution >= 0.6 is 0 Å². The number of fused-ring (bicyclic) bond motifs is 1. The summed E-state index contributed by atoms with van der Waals surface area (Å²) in [6.07, 6.45) is 3.97. The Morgan fingerprint density at radius 1 is 1.33 bits per heavy atom. The number of carbonyl (C=O) groups excluding carboxylic acids is 1. The molecule has 0 bridgehead atoms. The molecule has 0 aromatic heterocycles. The summed E-state index contributed by atoms with van der Waals surface area (Å²) in [5.74, 6) is 0.683. The van der Waals surface area contributed by atoms with Crippen LogP contribution in [0.1, 0.15) is 36.5 Å². The number of carbonyl (C=O) groups is 1. The molecule has 0 amide bonds. The van der Waals surface area contributed by atoms with Crippen molar-refractivity contribution in [3.63, 3.8) is 0 Å². The molecule has 0 unspecified atom stereocenters. The number of hydrogen-bond acceptors (Lipinski definition) is 4. The third kappa shape index (κ3) is 2.42. The number of phenolic OH excluding ortho intramolecular Hbond substituents is 1. The minimum atomic E-state index is -0.355. The van der Waals surface area contributed by atoms with Crippen molar-refractivity contribution in [3.05, 3.63) is 22.8 Å². The van der Waals surface area contributed by atoms with Gasteiger partial charge < -0.3 is 14.6 Å². The molecule has 0 fully saturated rings.